The average molecular weight is 305 g/mol. The number of aliphatic carboxylic acids is 1. The Morgan fingerprint density at radius 2 is 1.81 bits per heavy atom. The van der Waals surface area contributed by atoms with Gasteiger partial charge < -0.3 is 9.84 Å². The lowest BCUT2D eigenvalue weighted by atomic mass is 10.1. The van der Waals surface area contributed by atoms with Gasteiger partial charge in [0.2, 0.25) is 0 Å². The number of carbonyl (C=O) groups is 1. The highest BCUT2D eigenvalue weighted by Crippen LogP contribution is 2.30. The van der Waals surface area contributed by atoms with Crippen molar-refractivity contribution in [3.05, 3.63) is 53.6 Å². The van der Waals surface area contributed by atoms with Gasteiger partial charge in [0.1, 0.15) is 5.75 Å². The van der Waals surface area contributed by atoms with Gasteiger partial charge in [0.15, 0.2) is 0 Å². The van der Waals surface area contributed by atoms with Crippen LogP contribution in [0.4, 0.5) is 0 Å². The molecule has 0 radical (unpaired) electrons. The average Bonchev–Trinajstić information content (AvgIpc) is 2.49. The lowest BCUT2D eigenvalue weighted by Gasteiger charge is -2.09. The van der Waals surface area contributed by atoms with E-state index in [1.54, 1.807) is 0 Å². The van der Waals surface area contributed by atoms with Crippen LogP contribution in [-0.4, -0.2) is 17.7 Å². The fraction of sp³-hybridized carbons (Fsp3) is 0.235. The number of unbranched alkanes of at least 4 members (excludes halogenated alkanes) is 1. The minimum Gasteiger partial charge on any atom is -0.492 e. The van der Waals surface area contributed by atoms with E-state index >= 15 is 0 Å². The maximum atomic E-state index is 10.4. The number of rotatable bonds is 7. The Balaban J connectivity index is 1.92. The first-order chi connectivity index (χ1) is 10.2. The molecule has 2 aromatic rings. The minimum absolute atomic E-state index is 0.171. The SMILES string of the molecule is O=C(O)CCCCOc1ccc(-c2ccccc2)cc1Cl. The van der Waals surface area contributed by atoms with Crippen molar-refractivity contribution in [2.24, 2.45) is 0 Å². The molecule has 0 unspecified atom stereocenters. The molecule has 0 saturated heterocycles. The topological polar surface area (TPSA) is 46.5 Å². The summed E-state index contributed by atoms with van der Waals surface area (Å²) in [5.74, 6) is -0.146. The number of halogens is 1. The largest absolute Gasteiger partial charge is 0.492 e. The van der Waals surface area contributed by atoms with E-state index in [1.807, 2.05) is 48.5 Å². The highest BCUT2D eigenvalue weighted by atomic mass is 35.5. The molecule has 0 aliphatic carbocycles. The van der Waals surface area contributed by atoms with E-state index in [1.165, 1.54) is 0 Å². The Kier molecular flexibility index (Phi) is 5.64. The van der Waals surface area contributed by atoms with Gasteiger partial charge in [-0.1, -0.05) is 48.0 Å². The predicted octanol–water partition coefficient (Wildman–Crippen LogP) is 4.64. The lowest BCUT2D eigenvalue weighted by Crippen LogP contribution is -2.00. The van der Waals surface area contributed by atoms with Crippen molar-refractivity contribution in [3.63, 3.8) is 0 Å². The van der Waals surface area contributed by atoms with E-state index in [0.29, 0.717) is 30.2 Å². The van der Waals surface area contributed by atoms with E-state index in [0.717, 1.165) is 11.1 Å². The van der Waals surface area contributed by atoms with Gasteiger partial charge in [-0.2, -0.15) is 0 Å². The molecule has 21 heavy (non-hydrogen) atoms. The zero-order valence-electron chi connectivity index (χ0n) is 11.6. The third-order valence-electron chi connectivity index (χ3n) is 3.08. The number of hydrogen-bond donors (Lipinski definition) is 1. The maximum Gasteiger partial charge on any atom is 0.303 e. The standard InChI is InChI=1S/C17H17ClO3/c18-15-12-14(13-6-2-1-3-7-13)9-10-16(15)21-11-5-4-8-17(19)20/h1-3,6-7,9-10,12H,4-5,8,11H2,(H,19,20). The van der Waals surface area contributed by atoms with Gasteiger partial charge >= 0.3 is 5.97 Å². The predicted molar refractivity (Wildman–Crippen MR) is 83.9 cm³/mol. The van der Waals surface area contributed by atoms with E-state index in [-0.39, 0.29) is 6.42 Å². The Morgan fingerprint density at radius 1 is 1.05 bits per heavy atom. The van der Waals surface area contributed by atoms with Gasteiger partial charge in [-0.15, -0.1) is 0 Å². The van der Waals surface area contributed by atoms with Crippen molar-refractivity contribution >= 4 is 17.6 Å². The van der Waals surface area contributed by atoms with E-state index in [9.17, 15) is 4.79 Å². The highest BCUT2D eigenvalue weighted by Gasteiger charge is 2.05. The zero-order valence-corrected chi connectivity index (χ0v) is 12.3. The van der Waals surface area contributed by atoms with Gasteiger partial charge in [-0.3, -0.25) is 4.79 Å². The second kappa shape index (κ2) is 7.70. The second-order valence-corrected chi connectivity index (χ2v) is 5.12. The Bertz CT molecular complexity index is 596. The Morgan fingerprint density at radius 3 is 2.48 bits per heavy atom. The quantitative estimate of drug-likeness (QED) is 0.758. The molecule has 4 heteroatoms. The maximum absolute atomic E-state index is 10.4. The Labute approximate surface area is 129 Å². The summed E-state index contributed by atoms with van der Waals surface area (Å²) < 4.78 is 5.58. The van der Waals surface area contributed by atoms with Crippen molar-refractivity contribution in [1.29, 1.82) is 0 Å². The van der Waals surface area contributed by atoms with Crippen LogP contribution in [0.2, 0.25) is 5.02 Å². The van der Waals surface area contributed by atoms with E-state index < -0.39 is 5.97 Å². The summed E-state index contributed by atoms with van der Waals surface area (Å²) in [7, 11) is 0. The van der Waals surface area contributed by atoms with Crippen molar-refractivity contribution in [2.45, 2.75) is 19.3 Å². The molecule has 0 fully saturated rings. The smallest absolute Gasteiger partial charge is 0.303 e. The molecule has 2 aromatic carbocycles. The first-order valence-electron chi connectivity index (χ1n) is 6.86. The molecular formula is C17H17ClO3. The molecule has 2 rings (SSSR count). The van der Waals surface area contributed by atoms with Gasteiger partial charge in [0.25, 0.3) is 0 Å². The second-order valence-electron chi connectivity index (χ2n) is 4.71. The van der Waals surface area contributed by atoms with Crippen LogP contribution < -0.4 is 4.74 Å². The summed E-state index contributed by atoms with van der Waals surface area (Å²) in [6.45, 7) is 0.470. The first-order valence-corrected chi connectivity index (χ1v) is 7.24. The number of carboxylic acids is 1. The van der Waals surface area contributed by atoms with Crippen LogP contribution in [0.5, 0.6) is 5.75 Å². The van der Waals surface area contributed by atoms with Gasteiger partial charge in [0.05, 0.1) is 11.6 Å². The fourth-order valence-corrected chi connectivity index (χ4v) is 2.22. The molecule has 0 atom stereocenters. The molecule has 1 N–H and O–H groups in total. The van der Waals surface area contributed by atoms with Crippen molar-refractivity contribution < 1.29 is 14.6 Å². The molecular weight excluding hydrogens is 288 g/mol. The number of benzene rings is 2. The van der Waals surface area contributed by atoms with Crippen LogP contribution in [0.25, 0.3) is 11.1 Å². The number of ether oxygens (including phenoxy) is 1. The van der Waals surface area contributed by atoms with Crippen LogP contribution in [0.1, 0.15) is 19.3 Å². The molecule has 110 valence electrons. The molecule has 0 aliphatic rings. The summed E-state index contributed by atoms with van der Waals surface area (Å²) >= 11 is 6.22. The van der Waals surface area contributed by atoms with Crippen LogP contribution in [-0.2, 0) is 4.79 Å². The van der Waals surface area contributed by atoms with Crippen LogP contribution >= 0.6 is 11.6 Å². The normalized spacial score (nSPS) is 10.3. The number of hydrogen-bond acceptors (Lipinski definition) is 2. The minimum atomic E-state index is -0.778. The summed E-state index contributed by atoms with van der Waals surface area (Å²) in [6.07, 6.45) is 1.47. The van der Waals surface area contributed by atoms with Crippen LogP contribution in [0.3, 0.4) is 0 Å². The molecule has 3 nitrogen and oxygen atoms in total. The molecule has 0 amide bonds. The third-order valence-corrected chi connectivity index (χ3v) is 3.38. The highest BCUT2D eigenvalue weighted by molar-refractivity contribution is 6.32. The monoisotopic (exact) mass is 304 g/mol. The molecule has 0 aromatic heterocycles. The zero-order chi connectivity index (χ0) is 15.1. The fourth-order valence-electron chi connectivity index (χ4n) is 1.99. The van der Waals surface area contributed by atoms with Crippen LogP contribution in [0, 0.1) is 0 Å². The van der Waals surface area contributed by atoms with Gasteiger partial charge in [-0.05, 0) is 36.1 Å². The van der Waals surface area contributed by atoms with E-state index in [4.69, 9.17) is 21.4 Å². The molecule has 0 spiro atoms. The first kappa shape index (κ1) is 15.4. The van der Waals surface area contributed by atoms with E-state index in [2.05, 4.69) is 0 Å². The summed E-state index contributed by atoms with van der Waals surface area (Å²) in [6, 6.07) is 15.7. The van der Waals surface area contributed by atoms with Crippen molar-refractivity contribution in [2.75, 3.05) is 6.61 Å². The lowest BCUT2D eigenvalue weighted by molar-refractivity contribution is -0.137. The third kappa shape index (κ3) is 4.80. The molecule has 0 aliphatic heterocycles. The molecule has 0 saturated carbocycles. The number of carboxylic acid groups (broad SMARTS) is 1. The van der Waals surface area contributed by atoms with Crippen molar-refractivity contribution in [3.8, 4) is 16.9 Å². The summed E-state index contributed by atoms with van der Waals surface area (Å²) in [5.41, 5.74) is 2.14. The Hall–Kier alpha value is -2.00. The molecule has 0 heterocycles. The van der Waals surface area contributed by atoms with Gasteiger partial charge in [0, 0.05) is 6.42 Å². The summed E-state index contributed by atoms with van der Waals surface area (Å²) in [4.78, 5) is 10.4. The van der Waals surface area contributed by atoms with Crippen LogP contribution in [0.15, 0.2) is 48.5 Å². The summed E-state index contributed by atoms with van der Waals surface area (Å²) in [5, 5.41) is 9.12. The van der Waals surface area contributed by atoms with Gasteiger partial charge in [-0.25, -0.2) is 0 Å². The van der Waals surface area contributed by atoms with Crippen molar-refractivity contribution in [1.82, 2.24) is 0 Å². The molecule has 0 bridgehead atoms.